The van der Waals surface area contributed by atoms with Crippen molar-refractivity contribution in [3.63, 3.8) is 0 Å². The van der Waals surface area contributed by atoms with E-state index in [2.05, 4.69) is 12.6 Å². The maximum Gasteiger partial charge on any atom is 0.107 e. The molecule has 1 atom stereocenters. The van der Waals surface area contributed by atoms with Crippen LogP contribution in [-0.2, 0) is 10.1 Å². The van der Waals surface area contributed by atoms with Crippen LogP contribution in [0.15, 0.2) is 0 Å². The number of thiol groups is 1. The minimum absolute atomic E-state index is 0. The number of hydrogen-bond donors (Lipinski definition) is 2. The Morgan fingerprint density at radius 3 is 2.10 bits per heavy atom. The van der Waals surface area contributed by atoms with Crippen molar-refractivity contribution in [1.82, 2.24) is 6.15 Å². The van der Waals surface area contributed by atoms with Crippen LogP contribution in [0, 0.1) is 0 Å². The van der Waals surface area contributed by atoms with Crippen molar-refractivity contribution < 1.29 is 13.0 Å². The van der Waals surface area contributed by atoms with Crippen LogP contribution in [0.3, 0.4) is 0 Å². The maximum absolute atomic E-state index is 10.1. The lowest BCUT2D eigenvalue weighted by atomic mass is 10.4. The second kappa shape index (κ2) is 4.95. The SMILES string of the molecule is CCCC(S)S(=O)(=O)[O-].[NH4+]. The van der Waals surface area contributed by atoms with Gasteiger partial charge in [-0.15, -0.1) is 0 Å². The monoisotopic (exact) mass is 187 g/mol. The van der Waals surface area contributed by atoms with Gasteiger partial charge in [-0.3, -0.25) is 0 Å². The molecule has 0 aliphatic rings. The average Bonchev–Trinajstić information content (AvgIpc) is 1.64. The lowest BCUT2D eigenvalue weighted by Crippen LogP contribution is -2.13. The highest BCUT2D eigenvalue weighted by molar-refractivity contribution is 8.01. The summed E-state index contributed by atoms with van der Waals surface area (Å²) in [5, 5.41) is 0. The third-order valence-electron chi connectivity index (χ3n) is 0.869. The predicted molar refractivity (Wildman–Crippen MR) is 43.4 cm³/mol. The molecule has 10 heavy (non-hydrogen) atoms. The van der Waals surface area contributed by atoms with Crippen LogP contribution in [-0.4, -0.2) is 17.6 Å². The Labute approximate surface area is 66.8 Å². The molecular formula is C4H13NO3S2. The van der Waals surface area contributed by atoms with E-state index >= 15 is 0 Å². The molecule has 4 N–H and O–H groups in total. The van der Waals surface area contributed by atoms with Crippen LogP contribution in [0.1, 0.15) is 19.8 Å². The zero-order valence-electron chi connectivity index (χ0n) is 6.07. The third kappa shape index (κ3) is 5.04. The second-order valence-electron chi connectivity index (χ2n) is 1.74. The molecule has 0 radical (unpaired) electrons. The summed E-state index contributed by atoms with van der Waals surface area (Å²) in [7, 11) is -4.15. The summed E-state index contributed by atoms with van der Waals surface area (Å²) < 4.78 is 29.2. The molecule has 4 nitrogen and oxygen atoms in total. The molecule has 0 saturated carbocycles. The Bertz CT molecular complexity index is 165. The molecule has 0 aromatic rings. The lowest BCUT2D eigenvalue weighted by molar-refractivity contribution is 0.457. The Morgan fingerprint density at radius 1 is 1.60 bits per heavy atom. The summed E-state index contributed by atoms with van der Waals surface area (Å²) in [6.45, 7) is 1.80. The molecule has 0 heterocycles. The van der Waals surface area contributed by atoms with Crippen molar-refractivity contribution in [2.24, 2.45) is 0 Å². The summed E-state index contributed by atoms with van der Waals surface area (Å²) in [6, 6.07) is 0. The first-order valence-electron chi connectivity index (χ1n) is 2.61. The first-order valence-corrected chi connectivity index (χ1v) is 4.60. The van der Waals surface area contributed by atoms with Gasteiger partial charge in [-0.1, -0.05) is 13.3 Å². The summed E-state index contributed by atoms with van der Waals surface area (Å²) >= 11 is 3.59. The van der Waals surface area contributed by atoms with E-state index in [0.717, 1.165) is 0 Å². The van der Waals surface area contributed by atoms with Crippen LogP contribution in [0.25, 0.3) is 0 Å². The average molecular weight is 187 g/mol. The lowest BCUT2D eigenvalue weighted by Gasteiger charge is -2.12. The van der Waals surface area contributed by atoms with Gasteiger partial charge in [0.1, 0.15) is 10.1 Å². The molecule has 0 spiro atoms. The molecule has 0 aliphatic heterocycles. The summed E-state index contributed by atoms with van der Waals surface area (Å²) in [4.78, 5) is 0. The van der Waals surface area contributed by atoms with Gasteiger partial charge in [-0.25, -0.2) is 8.42 Å². The highest BCUT2D eigenvalue weighted by Crippen LogP contribution is 2.09. The van der Waals surface area contributed by atoms with Gasteiger partial charge in [-0.2, -0.15) is 12.6 Å². The van der Waals surface area contributed by atoms with Gasteiger partial charge in [0.2, 0.25) is 0 Å². The fraction of sp³-hybridized carbons (Fsp3) is 1.00. The third-order valence-corrected chi connectivity index (χ3v) is 2.80. The zero-order chi connectivity index (χ0) is 7.49. The molecule has 1 unspecified atom stereocenters. The van der Waals surface area contributed by atoms with Crippen molar-refractivity contribution in [2.75, 3.05) is 0 Å². The topological polar surface area (TPSA) is 93.7 Å². The van der Waals surface area contributed by atoms with Gasteiger partial charge in [-0.05, 0) is 6.42 Å². The van der Waals surface area contributed by atoms with E-state index in [1.54, 1.807) is 6.92 Å². The normalized spacial score (nSPS) is 13.9. The van der Waals surface area contributed by atoms with Crippen molar-refractivity contribution in [2.45, 2.75) is 24.3 Å². The smallest absolute Gasteiger partial charge is 0.107 e. The van der Waals surface area contributed by atoms with Gasteiger partial charge in [0.15, 0.2) is 0 Å². The first-order chi connectivity index (χ1) is 3.98. The fourth-order valence-corrected chi connectivity index (χ4v) is 1.17. The Balaban J connectivity index is 0. The Kier molecular flexibility index (Phi) is 6.36. The molecule has 0 saturated heterocycles. The molecular weight excluding hydrogens is 174 g/mol. The highest BCUT2D eigenvalue weighted by Gasteiger charge is 2.07. The van der Waals surface area contributed by atoms with Crippen LogP contribution in [0.4, 0.5) is 0 Å². The minimum Gasteiger partial charge on any atom is -0.747 e. The summed E-state index contributed by atoms with van der Waals surface area (Å²) in [5.74, 6) is 0. The summed E-state index contributed by atoms with van der Waals surface area (Å²) in [6.07, 6.45) is 0.991. The van der Waals surface area contributed by atoms with Crippen molar-refractivity contribution in [3.8, 4) is 0 Å². The molecule has 0 amide bonds. The number of hydrogen-bond acceptors (Lipinski definition) is 4. The van der Waals surface area contributed by atoms with Crippen LogP contribution >= 0.6 is 12.6 Å². The molecule has 0 fully saturated rings. The Morgan fingerprint density at radius 2 is 2.00 bits per heavy atom. The van der Waals surface area contributed by atoms with E-state index in [-0.39, 0.29) is 6.15 Å². The second-order valence-corrected chi connectivity index (χ2v) is 4.26. The van der Waals surface area contributed by atoms with E-state index < -0.39 is 14.7 Å². The van der Waals surface area contributed by atoms with Crippen molar-refractivity contribution >= 4 is 22.7 Å². The quantitative estimate of drug-likeness (QED) is 0.509. The zero-order valence-corrected chi connectivity index (χ0v) is 7.78. The molecule has 0 aromatic carbocycles. The maximum atomic E-state index is 10.1. The predicted octanol–water partition coefficient (Wildman–Crippen LogP) is 0.964. The number of rotatable bonds is 3. The summed E-state index contributed by atoms with van der Waals surface area (Å²) in [5.41, 5.74) is 0. The van der Waals surface area contributed by atoms with Gasteiger partial charge < -0.3 is 10.7 Å². The van der Waals surface area contributed by atoms with E-state index in [9.17, 15) is 13.0 Å². The molecule has 0 aromatic heterocycles. The van der Waals surface area contributed by atoms with Gasteiger partial charge >= 0.3 is 0 Å². The molecule has 6 heteroatoms. The van der Waals surface area contributed by atoms with Crippen LogP contribution in [0.2, 0.25) is 0 Å². The van der Waals surface area contributed by atoms with E-state index in [4.69, 9.17) is 0 Å². The molecule has 0 rings (SSSR count). The standard InChI is InChI=1S/C4H10O3S2.H3N/c1-2-3-4(8)9(5,6)7;/h4,8H,2-3H2,1H3,(H,5,6,7);1H3. The largest absolute Gasteiger partial charge is 0.747 e. The van der Waals surface area contributed by atoms with Crippen molar-refractivity contribution in [3.05, 3.63) is 0 Å². The molecule has 0 bridgehead atoms. The fourth-order valence-electron chi connectivity index (χ4n) is 0.391. The van der Waals surface area contributed by atoms with E-state index in [1.165, 1.54) is 0 Å². The van der Waals surface area contributed by atoms with Crippen molar-refractivity contribution in [1.29, 1.82) is 0 Å². The van der Waals surface area contributed by atoms with E-state index in [0.29, 0.717) is 12.8 Å². The Hall–Kier alpha value is 0.220. The number of quaternary nitrogens is 1. The highest BCUT2D eigenvalue weighted by atomic mass is 32.3. The van der Waals surface area contributed by atoms with Gasteiger partial charge in [0.25, 0.3) is 0 Å². The van der Waals surface area contributed by atoms with Gasteiger partial charge in [0.05, 0.1) is 4.58 Å². The van der Waals surface area contributed by atoms with Gasteiger partial charge in [0, 0.05) is 0 Å². The minimum atomic E-state index is -4.15. The van der Waals surface area contributed by atoms with E-state index in [1.807, 2.05) is 0 Å². The first kappa shape index (κ1) is 12.9. The van der Waals surface area contributed by atoms with Crippen LogP contribution in [0.5, 0.6) is 0 Å². The molecule has 64 valence electrons. The molecule has 0 aliphatic carbocycles. The van der Waals surface area contributed by atoms with Crippen LogP contribution < -0.4 is 6.15 Å².